The van der Waals surface area contributed by atoms with Gasteiger partial charge in [-0.15, -0.1) is 0 Å². The third-order valence-corrected chi connectivity index (χ3v) is 4.40. The molecule has 0 aliphatic heterocycles. The predicted octanol–water partition coefficient (Wildman–Crippen LogP) is 2.28. The zero-order chi connectivity index (χ0) is 17.1. The number of aromatic carboxylic acids is 1. The van der Waals surface area contributed by atoms with Crippen LogP contribution in [0.5, 0.6) is 0 Å². The summed E-state index contributed by atoms with van der Waals surface area (Å²) in [6.45, 7) is 5.75. The van der Waals surface area contributed by atoms with Crippen LogP contribution in [0.15, 0.2) is 24.5 Å². The highest BCUT2D eigenvalue weighted by molar-refractivity contribution is 5.87. The summed E-state index contributed by atoms with van der Waals surface area (Å²) >= 11 is 0. The average Bonchev–Trinajstić information content (AvgIpc) is 2.91. The lowest BCUT2D eigenvalue weighted by atomic mass is 9.91. The molecule has 2 aromatic heterocycles. The lowest BCUT2D eigenvalue weighted by Crippen LogP contribution is -2.35. The number of rotatable bonds is 6. The summed E-state index contributed by atoms with van der Waals surface area (Å²) in [5.74, 6) is -0.487. The number of carbonyl (C=O) groups is 1. The minimum atomic E-state index is -0.929. The van der Waals surface area contributed by atoms with E-state index in [9.17, 15) is 9.90 Å². The zero-order valence-corrected chi connectivity index (χ0v) is 14.2. The number of carboxylic acids is 1. The Bertz CT molecular complexity index is 709. The second-order valence-electron chi connectivity index (χ2n) is 6.84. The Hall–Kier alpha value is -2.21. The molecule has 3 rings (SSSR count). The summed E-state index contributed by atoms with van der Waals surface area (Å²) in [5, 5.41) is 17.4. The van der Waals surface area contributed by atoms with E-state index >= 15 is 0 Å². The summed E-state index contributed by atoms with van der Waals surface area (Å²) < 4.78 is 1.90. The molecule has 0 spiro atoms. The normalized spacial score (nSPS) is 17.0. The number of pyridine rings is 1. The highest BCUT2D eigenvalue weighted by atomic mass is 16.4. The molecule has 24 heavy (non-hydrogen) atoms. The van der Waals surface area contributed by atoms with Crippen molar-refractivity contribution in [2.45, 2.75) is 52.2 Å². The lowest BCUT2D eigenvalue weighted by Gasteiger charge is -2.24. The van der Waals surface area contributed by atoms with Crippen molar-refractivity contribution in [1.82, 2.24) is 20.1 Å². The maximum atomic E-state index is 11.6. The number of aromatic nitrogens is 3. The predicted molar refractivity (Wildman–Crippen MR) is 90.9 cm³/mol. The van der Waals surface area contributed by atoms with Gasteiger partial charge >= 0.3 is 5.97 Å². The molecule has 1 aliphatic rings. The molecule has 0 aromatic carbocycles. The maximum Gasteiger partial charge on any atom is 0.356 e. The van der Waals surface area contributed by atoms with Crippen molar-refractivity contribution in [1.29, 1.82) is 0 Å². The van der Waals surface area contributed by atoms with E-state index in [-0.39, 0.29) is 11.7 Å². The van der Waals surface area contributed by atoms with Crippen LogP contribution >= 0.6 is 0 Å². The van der Waals surface area contributed by atoms with Crippen molar-refractivity contribution in [2.24, 2.45) is 5.92 Å². The number of hydrogen-bond acceptors (Lipinski definition) is 4. The Labute approximate surface area is 141 Å². The number of nitrogens with zero attached hydrogens (tertiary/aromatic N) is 3. The number of hydrogen-bond donors (Lipinski definition) is 2. The largest absolute Gasteiger partial charge is 0.476 e. The Morgan fingerprint density at radius 3 is 3.00 bits per heavy atom. The molecule has 2 N–H and O–H groups in total. The maximum absolute atomic E-state index is 11.6. The van der Waals surface area contributed by atoms with Gasteiger partial charge < -0.3 is 10.4 Å². The van der Waals surface area contributed by atoms with Crippen molar-refractivity contribution in [3.63, 3.8) is 0 Å². The van der Waals surface area contributed by atoms with Gasteiger partial charge in [-0.05, 0) is 36.8 Å². The molecule has 6 nitrogen and oxygen atoms in total. The van der Waals surface area contributed by atoms with Crippen molar-refractivity contribution >= 4 is 5.97 Å². The fourth-order valence-corrected chi connectivity index (χ4v) is 3.30. The van der Waals surface area contributed by atoms with Gasteiger partial charge in [0.15, 0.2) is 5.69 Å². The van der Waals surface area contributed by atoms with Gasteiger partial charge in [-0.2, -0.15) is 5.10 Å². The van der Waals surface area contributed by atoms with Crippen molar-refractivity contribution in [2.75, 3.05) is 0 Å². The van der Waals surface area contributed by atoms with Crippen LogP contribution in [0.3, 0.4) is 0 Å². The van der Waals surface area contributed by atoms with Gasteiger partial charge in [0.1, 0.15) is 0 Å². The summed E-state index contributed by atoms with van der Waals surface area (Å²) in [5.41, 5.74) is 3.36. The Morgan fingerprint density at radius 2 is 2.33 bits per heavy atom. The van der Waals surface area contributed by atoms with Gasteiger partial charge in [0.25, 0.3) is 0 Å². The molecule has 0 radical (unpaired) electrons. The average molecular weight is 328 g/mol. The summed E-state index contributed by atoms with van der Waals surface area (Å²) in [4.78, 5) is 15.7. The minimum absolute atomic E-state index is 0.221. The van der Waals surface area contributed by atoms with Crippen LogP contribution in [0.25, 0.3) is 0 Å². The highest BCUT2D eigenvalue weighted by Crippen LogP contribution is 2.26. The molecule has 0 amide bonds. The number of carboxylic acid groups (broad SMARTS) is 1. The lowest BCUT2D eigenvalue weighted by molar-refractivity contribution is 0.0688. The molecule has 1 atom stereocenters. The molecular weight excluding hydrogens is 304 g/mol. The van der Waals surface area contributed by atoms with E-state index in [0.29, 0.717) is 5.92 Å². The highest BCUT2D eigenvalue weighted by Gasteiger charge is 2.29. The molecule has 2 heterocycles. The first-order valence-corrected chi connectivity index (χ1v) is 8.48. The third-order valence-electron chi connectivity index (χ3n) is 4.40. The summed E-state index contributed by atoms with van der Waals surface area (Å²) in [7, 11) is 0. The van der Waals surface area contributed by atoms with Crippen LogP contribution < -0.4 is 5.32 Å². The Balaban J connectivity index is 1.74. The van der Waals surface area contributed by atoms with Gasteiger partial charge in [0, 0.05) is 42.8 Å². The number of fused-ring (bicyclic) bond motifs is 1. The van der Waals surface area contributed by atoms with E-state index in [1.165, 1.54) is 0 Å². The smallest absolute Gasteiger partial charge is 0.356 e. The van der Waals surface area contributed by atoms with Crippen molar-refractivity contribution < 1.29 is 9.90 Å². The van der Waals surface area contributed by atoms with Gasteiger partial charge in [-0.25, -0.2) is 4.79 Å². The van der Waals surface area contributed by atoms with Crippen LogP contribution in [0.1, 0.15) is 47.6 Å². The van der Waals surface area contributed by atoms with Crippen LogP contribution in [0.4, 0.5) is 0 Å². The molecule has 2 aromatic rings. The number of nitrogens with one attached hydrogen (secondary N) is 1. The fourth-order valence-electron chi connectivity index (χ4n) is 3.30. The SMILES string of the molecule is CC(C)Cn1nc(C(=O)O)c2c1CC[C@H](NCc1cccnc1)C2. The van der Waals surface area contributed by atoms with Crippen LogP contribution in [-0.4, -0.2) is 31.9 Å². The second-order valence-corrected chi connectivity index (χ2v) is 6.84. The quantitative estimate of drug-likeness (QED) is 0.850. The molecule has 0 saturated heterocycles. The molecule has 128 valence electrons. The first kappa shape index (κ1) is 16.6. The fraction of sp³-hybridized carbons (Fsp3) is 0.500. The van der Waals surface area contributed by atoms with E-state index in [1.54, 1.807) is 6.20 Å². The first-order valence-electron chi connectivity index (χ1n) is 8.48. The minimum Gasteiger partial charge on any atom is -0.476 e. The molecule has 0 saturated carbocycles. The third kappa shape index (κ3) is 3.64. The van der Waals surface area contributed by atoms with E-state index in [4.69, 9.17) is 0 Å². The van der Waals surface area contributed by atoms with E-state index in [0.717, 1.165) is 49.2 Å². The first-order chi connectivity index (χ1) is 11.5. The molecule has 0 unspecified atom stereocenters. The Kier molecular flexibility index (Phi) is 4.94. The summed E-state index contributed by atoms with van der Waals surface area (Å²) in [6, 6.07) is 4.24. The second kappa shape index (κ2) is 7.13. The van der Waals surface area contributed by atoms with Crippen LogP contribution in [0, 0.1) is 5.92 Å². The molecule has 6 heteroatoms. The van der Waals surface area contributed by atoms with Crippen molar-refractivity contribution in [3.05, 3.63) is 47.0 Å². The van der Waals surface area contributed by atoms with Gasteiger partial charge in [0.05, 0.1) is 0 Å². The molecular formula is C18H24N4O2. The van der Waals surface area contributed by atoms with Crippen LogP contribution in [-0.2, 0) is 25.9 Å². The van der Waals surface area contributed by atoms with E-state index in [2.05, 4.69) is 29.2 Å². The molecule has 1 aliphatic carbocycles. The molecule has 0 bridgehead atoms. The van der Waals surface area contributed by atoms with E-state index in [1.807, 2.05) is 23.0 Å². The van der Waals surface area contributed by atoms with E-state index < -0.39 is 5.97 Å². The van der Waals surface area contributed by atoms with Crippen LogP contribution in [0.2, 0.25) is 0 Å². The standard InChI is InChI=1S/C18H24N4O2/c1-12(2)11-22-16-6-5-14(8-15(16)17(21-22)18(23)24)20-10-13-4-3-7-19-9-13/h3-4,7,9,12,14,20H,5-6,8,10-11H2,1-2H3,(H,23,24)/t14-/m0/s1. The van der Waals surface area contributed by atoms with Crippen molar-refractivity contribution in [3.8, 4) is 0 Å². The van der Waals surface area contributed by atoms with Gasteiger partial charge in [0.2, 0.25) is 0 Å². The zero-order valence-electron chi connectivity index (χ0n) is 14.2. The van der Waals surface area contributed by atoms with Gasteiger partial charge in [-0.3, -0.25) is 9.67 Å². The summed E-state index contributed by atoms with van der Waals surface area (Å²) in [6.07, 6.45) is 6.20. The van der Waals surface area contributed by atoms with Gasteiger partial charge in [-0.1, -0.05) is 19.9 Å². The molecule has 0 fully saturated rings. The topological polar surface area (TPSA) is 80.0 Å². The monoisotopic (exact) mass is 328 g/mol. The Morgan fingerprint density at radius 1 is 1.50 bits per heavy atom.